The first-order valence-electron chi connectivity index (χ1n) is 8.98. The van der Waals surface area contributed by atoms with Gasteiger partial charge in [0, 0.05) is 42.0 Å². The first kappa shape index (κ1) is 20.0. The van der Waals surface area contributed by atoms with Gasteiger partial charge < -0.3 is 24.1 Å². The Morgan fingerprint density at radius 1 is 0.931 bits per heavy atom. The number of aromatic nitrogens is 1. The third-order valence-electron chi connectivity index (χ3n) is 4.26. The van der Waals surface area contributed by atoms with Crippen LogP contribution in [0.4, 0.5) is 5.69 Å². The van der Waals surface area contributed by atoms with Crippen LogP contribution in [-0.4, -0.2) is 36.8 Å². The third-order valence-corrected chi connectivity index (χ3v) is 4.26. The van der Waals surface area contributed by atoms with Gasteiger partial charge in [-0.25, -0.2) is 4.79 Å². The molecule has 0 aliphatic rings. The second-order valence-electron chi connectivity index (χ2n) is 6.28. The SMILES string of the molecule is COc1cc(NC(=O)[C@H](C)OC(=O)c2cccc(-n3cccc3)c2)cc(OC)c1. The minimum atomic E-state index is -0.991. The van der Waals surface area contributed by atoms with Crippen LogP contribution in [0.2, 0.25) is 0 Å². The number of hydrogen-bond donors (Lipinski definition) is 1. The number of amides is 1. The number of benzene rings is 2. The number of ether oxygens (including phenoxy) is 3. The monoisotopic (exact) mass is 394 g/mol. The number of carbonyl (C=O) groups excluding carboxylic acids is 2. The molecule has 1 atom stereocenters. The van der Waals surface area contributed by atoms with Gasteiger partial charge in [0.05, 0.1) is 19.8 Å². The van der Waals surface area contributed by atoms with E-state index in [4.69, 9.17) is 14.2 Å². The molecule has 2 aromatic carbocycles. The molecule has 0 aliphatic heterocycles. The van der Waals surface area contributed by atoms with Crippen LogP contribution < -0.4 is 14.8 Å². The highest BCUT2D eigenvalue weighted by Crippen LogP contribution is 2.26. The zero-order chi connectivity index (χ0) is 20.8. The summed E-state index contributed by atoms with van der Waals surface area (Å²) in [6.45, 7) is 1.51. The number of rotatable bonds is 7. The average molecular weight is 394 g/mol. The van der Waals surface area contributed by atoms with Crippen molar-refractivity contribution in [3.63, 3.8) is 0 Å². The van der Waals surface area contributed by atoms with Gasteiger partial charge in [-0.15, -0.1) is 0 Å². The molecule has 7 heteroatoms. The smallest absolute Gasteiger partial charge is 0.338 e. The molecule has 1 aromatic heterocycles. The summed E-state index contributed by atoms with van der Waals surface area (Å²) in [6, 6.07) is 15.8. The van der Waals surface area contributed by atoms with E-state index >= 15 is 0 Å². The zero-order valence-corrected chi connectivity index (χ0v) is 16.4. The molecule has 3 rings (SSSR count). The first-order valence-corrected chi connectivity index (χ1v) is 8.98. The minimum Gasteiger partial charge on any atom is -0.497 e. The van der Waals surface area contributed by atoms with Crippen molar-refractivity contribution in [2.45, 2.75) is 13.0 Å². The number of nitrogens with one attached hydrogen (secondary N) is 1. The number of hydrogen-bond acceptors (Lipinski definition) is 5. The Balaban J connectivity index is 1.67. The fraction of sp³-hybridized carbons (Fsp3) is 0.182. The fourth-order valence-corrected chi connectivity index (χ4v) is 2.71. The standard InChI is InChI=1S/C22H22N2O5/c1-15(21(25)23-17-12-19(27-2)14-20(13-17)28-3)29-22(26)16-7-6-8-18(11-16)24-9-4-5-10-24/h4-15H,1-3H3,(H,23,25)/t15-/m0/s1. The zero-order valence-electron chi connectivity index (χ0n) is 16.4. The predicted octanol–water partition coefficient (Wildman–Crippen LogP) is 3.68. The largest absolute Gasteiger partial charge is 0.497 e. The lowest BCUT2D eigenvalue weighted by atomic mass is 10.2. The lowest BCUT2D eigenvalue weighted by molar-refractivity contribution is -0.123. The minimum absolute atomic E-state index is 0.360. The van der Waals surface area contributed by atoms with Crippen molar-refractivity contribution in [2.75, 3.05) is 19.5 Å². The molecule has 29 heavy (non-hydrogen) atoms. The molecule has 0 saturated carbocycles. The van der Waals surface area contributed by atoms with Gasteiger partial charge in [0.1, 0.15) is 11.5 Å². The number of esters is 1. The lowest BCUT2D eigenvalue weighted by Crippen LogP contribution is -2.30. The molecule has 1 heterocycles. The van der Waals surface area contributed by atoms with Crippen molar-refractivity contribution in [3.05, 3.63) is 72.6 Å². The van der Waals surface area contributed by atoms with Crippen LogP contribution in [0, 0.1) is 0 Å². The molecule has 0 bridgehead atoms. The third kappa shape index (κ3) is 4.95. The molecular weight excluding hydrogens is 372 g/mol. The number of anilines is 1. The summed E-state index contributed by atoms with van der Waals surface area (Å²) in [5.74, 6) is 0.0253. The van der Waals surface area contributed by atoms with Gasteiger partial charge in [0.15, 0.2) is 6.10 Å². The summed E-state index contributed by atoms with van der Waals surface area (Å²) in [5, 5.41) is 2.70. The topological polar surface area (TPSA) is 78.8 Å². The first-order chi connectivity index (χ1) is 14.0. The summed E-state index contributed by atoms with van der Waals surface area (Å²) in [7, 11) is 3.04. The van der Waals surface area contributed by atoms with E-state index in [1.54, 1.807) is 36.4 Å². The normalized spacial score (nSPS) is 11.4. The van der Waals surface area contributed by atoms with Gasteiger partial charge >= 0.3 is 5.97 Å². The van der Waals surface area contributed by atoms with E-state index in [2.05, 4.69) is 5.32 Å². The Labute approximate surface area is 168 Å². The summed E-state index contributed by atoms with van der Waals surface area (Å²) < 4.78 is 17.6. The lowest BCUT2D eigenvalue weighted by Gasteiger charge is -2.15. The highest BCUT2D eigenvalue weighted by molar-refractivity contribution is 5.97. The molecule has 0 aliphatic carbocycles. The van der Waals surface area contributed by atoms with Gasteiger partial charge in [-0.2, -0.15) is 0 Å². The summed E-state index contributed by atoms with van der Waals surface area (Å²) in [4.78, 5) is 24.9. The molecule has 1 N–H and O–H groups in total. The molecule has 0 fully saturated rings. The number of methoxy groups -OCH3 is 2. The van der Waals surface area contributed by atoms with E-state index in [1.165, 1.54) is 21.1 Å². The van der Waals surface area contributed by atoms with Crippen molar-refractivity contribution in [3.8, 4) is 17.2 Å². The molecule has 7 nitrogen and oxygen atoms in total. The average Bonchev–Trinajstić information content (AvgIpc) is 3.28. The summed E-state index contributed by atoms with van der Waals surface area (Å²) >= 11 is 0. The van der Waals surface area contributed by atoms with Crippen molar-refractivity contribution >= 4 is 17.6 Å². The van der Waals surface area contributed by atoms with Gasteiger partial charge in [-0.1, -0.05) is 6.07 Å². The van der Waals surface area contributed by atoms with E-state index in [1.807, 2.05) is 35.2 Å². The Morgan fingerprint density at radius 2 is 1.59 bits per heavy atom. The molecule has 0 unspecified atom stereocenters. The van der Waals surface area contributed by atoms with E-state index in [-0.39, 0.29) is 0 Å². The van der Waals surface area contributed by atoms with Crippen molar-refractivity contribution in [2.24, 2.45) is 0 Å². The molecule has 0 spiro atoms. The van der Waals surface area contributed by atoms with Gasteiger partial charge in [0.2, 0.25) is 0 Å². The van der Waals surface area contributed by atoms with Crippen LogP contribution in [0.1, 0.15) is 17.3 Å². The Kier molecular flexibility index (Phi) is 6.19. The van der Waals surface area contributed by atoms with Crippen LogP contribution in [0.15, 0.2) is 67.0 Å². The molecular formula is C22H22N2O5. The number of nitrogens with zero attached hydrogens (tertiary/aromatic N) is 1. The van der Waals surface area contributed by atoms with Crippen LogP contribution in [0.25, 0.3) is 5.69 Å². The molecule has 150 valence electrons. The van der Waals surface area contributed by atoms with Gasteiger partial charge in [0.25, 0.3) is 5.91 Å². The maximum absolute atomic E-state index is 12.5. The highest BCUT2D eigenvalue weighted by atomic mass is 16.5. The maximum atomic E-state index is 12.5. The van der Waals surface area contributed by atoms with Crippen LogP contribution >= 0.6 is 0 Å². The molecule has 0 radical (unpaired) electrons. The Bertz CT molecular complexity index is 976. The van der Waals surface area contributed by atoms with Crippen molar-refractivity contribution in [1.29, 1.82) is 0 Å². The van der Waals surface area contributed by atoms with Gasteiger partial charge in [-0.05, 0) is 37.3 Å². The summed E-state index contributed by atoms with van der Waals surface area (Å²) in [6.07, 6.45) is 2.76. The van der Waals surface area contributed by atoms with Crippen LogP contribution in [-0.2, 0) is 9.53 Å². The van der Waals surface area contributed by atoms with E-state index in [0.29, 0.717) is 22.7 Å². The van der Waals surface area contributed by atoms with Crippen LogP contribution in [0.5, 0.6) is 11.5 Å². The van der Waals surface area contributed by atoms with Crippen LogP contribution in [0.3, 0.4) is 0 Å². The Morgan fingerprint density at radius 3 is 2.21 bits per heavy atom. The predicted molar refractivity (Wildman–Crippen MR) is 109 cm³/mol. The fourth-order valence-electron chi connectivity index (χ4n) is 2.71. The highest BCUT2D eigenvalue weighted by Gasteiger charge is 2.20. The maximum Gasteiger partial charge on any atom is 0.338 e. The number of carbonyl (C=O) groups is 2. The Hall–Kier alpha value is -3.74. The second kappa shape index (κ2) is 8.97. The van der Waals surface area contributed by atoms with Crippen molar-refractivity contribution in [1.82, 2.24) is 4.57 Å². The van der Waals surface area contributed by atoms with Gasteiger partial charge in [-0.3, -0.25) is 4.79 Å². The van der Waals surface area contributed by atoms with E-state index in [0.717, 1.165) is 5.69 Å². The van der Waals surface area contributed by atoms with E-state index < -0.39 is 18.0 Å². The van der Waals surface area contributed by atoms with Crippen molar-refractivity contribution < 1.29 is 23.8 Å². The molecule has 0 saturated heterocycles. The van der Waals surface area contributed by atoms with E-state index in [9.17, 15) is 9.59 Å². The molecule has 1 amide bonds. The second-order valence-corrected chi connectivity index (χ2v) is 6.28. The quantitative estimate of drug-likeness (QED) is 0.619. The molecule has 3 aromatic rings. The summed E-state index contributed by atoms with van der Waals surface area (Å²) in [5.41, 5.74) is 1.66.